The average molecular weight is 481 g/mol. The lowest BCUT2D eigenvalue weighted by atomic mass is 10.1. The minimum Gasteiger partial charge on any atom is -0.454 e. The number of hydrogen-bond acceptors (Lipinski definition) is 8. The first-order valence-electron chi connectivity index (χ1n) is 10.3. The Bertz CT molecular complexity index is 886. The first kappa shape index (κ1) is 22.4. The standard InChI is InChI=1S/C21H24N2O5S3/c24-19(4-2-1-3-15-7-10-29-31-15)22-8-9-23-20(25)18(30-21(23)26)12-14-5-6-16-17(11-14)28-13-27-16/h5-6,11-12,15H,1-4,7-10,13H2,(H,22,24)/b18-12-. The van der Waals surface area contributed by atoms with Crippen molar-refractivity contribution < 1.29 is 23.9 Å². The van der Waals surface area contributed by atoms with E-state index in [1.165, 1.54) is 17.1 Å². The summed E-state index contributed by atoms with van der Waals surface area (Å²) in [7, 11) is 3.90. The molecule has 1 atom stereocenters. The van der Waals surface area contributed by atoms with Crippen molar-refractivity contribution in [3.8, 4) is 11.5 Å². The van der Waals surface area contributed by atoms with Gasteiger partial charge in [0.25, 0.3) is 11.1 Å². The molecule has 3 heterocycles. The van der Waals surface area contributed by atoms with Crippen LogP contribution in [0.3, 0.4) is 0 Å². The summed E-state index contributed by atoms with van der Waals surface area (Å²) in [6, 6.07) is 5.37. The van der Waals surface area contributed by atoms with Gasteiger partial charge in [0.15, 0.2) is 11.5 Å². The molecule has 0 bridgehead atoms. The van der Waals surface area contributed by atoms with Crippen LogP contribution in [0.25, 0.3) is 6.08 Å². The third kappa shape index (κ3) is 5.93. The van der Waals surface area contributed by atoms with Crippen molar-refractivity contribution in [1.29, 1.82) is 0 Å². The average Bonchev–Trinajstić information content (AvgIpc) is 3.49. The van der Waals surface area contributed by atoms with Crippen LogP contribution in [0.5, 0.6) is 11.5 Å². The fourth-order valence-corrected chi connectivity index (χ4v) is 7.36. The Balaban J connectivity index is 1.20. The number of ether oxygens (including phenoxy) is 2. The van der Waals surface area contributed by atoms with E-state index in [1.54, 1.807) is 18.2 Å². The number of unbranched alkanes of at least 4 members (excludes halogenated alkanes) is 1. The van der Waals surface area contributed by atoms with Crippen LogP contribution in [0.2, 0.25) is 0 Å². The van der Waals surface area contributed by atoms with Crippen LogP contribution in [0.1, 0.15) is 37.7 Å². The van der Waals surface area contributed by atoms with Crippen molar-refractivity contribution in [3.63, 3.8) is 0 Å². The fraction of sp³-hybridized carbons (Fsp3) is 0.476. The molecule has 3 amide bonds. The van der Waals surface area contributed by atoms with Crippen LogP contribution >= 0.6 is 33.3 Å². The summed E-state index contributed by atoms with van der Waals surface area (Å²) < 4.78 is 10.6. The van der Waals surface area contributed by atoms with Crippen LogP contribution in [0.4, 0.5) is 4.79 Å². The second kappa shape index (κ2) is 10.7. The SMILES string of the molecule is O=C(CCCCC1CCSS1)NCCN1C(=O)S/C(=C\c2ccc3c(c2)OCO3)C1=O. The van der Waals surface area contributed by atoms with Gasteiger partial charge in [-0.2, -0.15) is 0 Å². The molecule has 2 fully saturated rings. The first-order valence-corrected chi connectivity index (χ1v) is 13.5. The van der Waals surface area contributed by atoms with Gasteiger partial charge in [-0.05, 0) is 54.8 Å². The molecule has 3 aliphatic rings. The predicted octanol–water partition coefficient (Wildman–Crippen LogP) is 4.28. The first-order chi connectivity index (χ1) is 15.1. The predicted molar refractivity (Wildman–Crippen MR) is 125 cm³/mol. The highest BCUT2D eigenvalue weighted by molar-refractivity contribution is 8.77. The van der Waals surface area contributed by atoms with E-state index in [4.69, 9.17) is 9.47 Å². The molecule has 1 aromatic carbocycles. The van der Waals surface area contributed by atoms with E-state index in [9.17, 15) is 14.4 Å². The molecule has 1 N–H and O–H groups in total. The number of carbonyl (C=O) groups excluding carboxylic acids is 3. The van der Waals surface area contributed by atoms with Gasteiger partial charge in [0.05, 0.1) is 4.91 Å². The van der Waals surface area contributed by atoms with Gasteiger partial charge in [-0.3, -0.25) is 19.3 Å². The molecular formula is C21H24N2O5S3. The highest BCUT2D eigenvalue weighted by Gasteiger charge is 2.34. The molecule has 166 valence electrons. The van der Waals surface area contributed by atoms with E-state index >= 15 is 0 Å². The zero-order valence-electron chi connectivity index (χ0n) is 17.0. The molecule has 31 heavy (non-hydrogen) atoms. The molecule has 2 saturated heterocycles. The van der Waals surface area contributed by atoms with E-state index in [0.717, 1.165) is 41.8 Å². The summed E-state index contributed by atoms with van der Waals surface area (Å²) >= 11 is 0.908. The van der Waals surface area contributed by atoms with Gasteiger partial charge in [-0.25, -0.2) is 0 Å². The summed E-state index contributed by atoms with van der Waals surface area (Å²) in [5.41, 5.74) is 0.762. The number of imide groups is 1. The second-order valence-electron chi connectivity index (χ2n) is 7.37. The van der Waals surface area contributed by atoms with Gasteiger partial charge in [-0.15, -0.1) is 0 Å². The maximum atomic E-state index is 12.6. The van der Waals surface area contributed by atoms with E-state index in [0.29, 0.717) is 22.8 Å². The fourth-order valence-electron chi connectivity index (χ4n) is 3.46. The molecule has 4 rings (SSSR count). The van der Waals surface area contributed by atoms with Crippen LogP contribution in [0.15, 0.2) is 23.1 Å². The zero-order valence-corrected chi connectivity index (χ0v) is 19.4. The number of fused-ring (bicyclic) bond motifs is 1. The maximum Gasteiger partial charge on any atom is 0.293 e. The Morgan fingerprint density at radius 3 is 2.94 bits per heavy atom. The molecule has 0 aliphatic carbocycles. The summed E-state index contributed by atoms with van der Waals surface area (Å²) in [5.74, 6) is 2.15. The van der Waals surface area contributed by atoms with Gasteiger partial charge >= 0.3 is 0 Å². The molecule has 0 spiro atoms. The largest absolute Gasteiger partial charge is 0.454 e. The molecule has 1 aromatic rings. The Hall–Kier alpha value is -1.78. The van der Waals surface area contributed by atoms with Crippen molar-refractivity contribution in [3.05, 3.63) is 28.7 Å². The maximum absolute atomic E-state index is 12.6. The minimum atomic E-state index is -0.339. The lowest BCUT2D eigenvalue weighted by molar-refractivity contribution is -0.124. The summed E-state index contributed by atoms with van der Waals surface area (Å²) in [6.07, 6.45) is 6.51. The molecule has 0 aromatic heterocycles. The third-order valence-electron chi connectivity index (χ3n) is 5.13. The number of thioether (sulfide) groups is 1. The molecule has 3 aliphatic heterocycles. The van der Waals surface area contributed by atoms with Crippen LogP contribution in [0, 0.1) is 0 Å². The molecule has 0 radical (unpaired) electrons. The van der Waals surface area contributed by atoms with Crippen LogP contribution < -0.4 is 14.8 Å². The Morgan fingerprint density at radius 2 is 2.10 bits per heavy atom. The molecular weight excluding hydrogens is 456 g/mol. The van der Waals surface area contributed by atoms with Crippen molar-refractivity contribution in [1.82, 2.24) is 10.2 Å². The van der Waals surface area contributed by atoms with Crippen molar-refractivity contribution >= 4 is 56.5 Å². The van der Waals surface area contributed by atoms with Gasteiger partial charge in [0.1, 0.15) is 0 Å². The van der Waals surface area contributed by atoms with Crippen molar-refractivity contribution in [2.24, 2.45) is 0 Å². The lowest BCUT2D eigenvalue weighted by Gasteiger charge is -2.13. The number of nitrogens with one attached hydrogen (secondary N) is 1. The number of amides is 3. The van der Waals surface area contributed by atoms with Crippen LogP contribution in [-0.4, -0.2) is 52.8 Å². The van der Waals surface area contributed by atoms with E-state index in [1.807, 2.05) is 27.7 Å². The smallest absolute Gasteiger partial charge is 0.293 e. The Kier molecular flexibility index (Phi) is 7.73. The normalized spacial score (nSPS) is 21.4. The summed E-state index contributed by atoms with van der Waals surface area (Å²) in [5, 5.41) is 3.23. The number of rotatable bonds is 9. The lowest BCUT2D eigenvalue weighted by Crippen LogP contribution is -2.37. The van der Waals surface area contributed by atoms with Crippen molar-refractivity contribution in [2.45, 2.75) is 37.4 Å². The van der Waals surface area contributed by atoms with Gasteiger partial charge in [0.2, 0.25) is 12.7 Å². The van der Waals surface area contributed by atoms with Crippen LogP contribution in [-0.2, 0) is 9.59 Å². The number of hydrogen-bond donors (Lipinski definition) is 1. The molecule has 1 unspecified atom stereocenters. The van der Waals surface area contributed by atoms with E-state index < -0.39 is 0 Å². The quantitative estimate of drug-likeness (QED) is 0.318. The Morgan fingerprint density at radius 1 is 1.23 bits per heavy atom. The number of benzene rings is 1. The number of nitrogens with zero attached hydrogens (tertiary/aromatic N) is 1. The highest BCUT2D eigenvalue weighted by atomic mass is 33.1. The summed E-state index contributed by atoms with van der Waals surface area (Å²) in [4.78, 5) is 38.4. The second-order valence-corrected chi connectivity index (χ2v) is 11.2. The highest BCUT2D eigenvalue weighted by Crippen LogP contribution is 2.40. The zero-order chi connectivity index (χ0) is 21.6. The molecule has 10 heteroatoms. The van der Waals surface area contributed by atoms with Crippen molar-refractivity contribution in [2.75, 3.05) is 25.6 Å². The van der Waals surface area contributed by atoms with Gasteiger partial charge in [0, 0.05) is 30.5 Å². The monoisotopic (exact) mass is 480 g/mol. The van der Waals surface area contributed by atoms with E-state index in [2.05, 4.69) is 5.32 Å². The van der Waals surface area contributed by atoms with E-state index in [-0.39, 0.29) is 36.9 Å². The van der Waals surface area contributed by atoms with Gasteiger partial charge in [-0.1, -0.05) is 34.1 Å². The minimum absolute atomic E-state index is 0.0312. The molecule has 7 nitrogen and oxygen atoms in total. The number of carbonyl (C=O) groups is 3. The van der Waals surface area contributed by atoms with Gasteiger partial charge < -0.3 is 14.8 Å². The molecule has 0 saturated carbocycles. The third-order valence-corrected chi connectivity index (χ3v) is 9.05. The Labute approximate surface area is 193 Å². The topological polar surface area (TPSA) is 84.9 Å². The summed E-state index contributed by atoms with van der Waals surface area (Å²) in [6.45, 7) is 0.619.